The van der Waals surface area contributed by atoms with Gasteiger partial charge in [0.15, 0.2) is 0 Å². The standard InChI is InChI=1S/C20H40O5.3C20H40O4.2C20H40O3/c1-2-25-20(24)16-12-8-5-7-11-15-19(23)18(22)14-10-6-3-4-9-13-17-21;1-3-5-6-7-9-12-15-18(21)19(22)16-13-10-8-11-14-17-20(23)24-4-2;1-2-24-20(23)17-13-9-4-3-7-11-15-19(22)16-12-8-5-6-10-14-18-21;1-2-24-20(23)17-13-9-6-8-12-16-19(22)15-11-7-4-3-5-10-14-18-21;1-3-5-6-7-10-13-16-19(21)17-14-11-8-9-12-15-18-20(22)23-4-2;1-2-23-20(22)18-16-14-12-10-8-6-4-3-5-7-9-11-13-15-17-19-21/h18-19,21-23H,2-17H2,1H3;18-19,21-22H,3-17H2,1-2H3;2*19,21-22H,2-18H2,1H3;19,21H,3-18H2,1-2H3;21H,2-19H2,1H3. The molecule has 143 heavy (non-hydrogen) atoms. The number of hydrogen-bond acceptors (Lipinski definition) is 23. The van der Waals surface area contributed by atoms with E-state index in [0.717, 1.165) is 283 Å². The van der Waals surface area contributed by atoms with Gasteiger partial charge >= 0.3 is 35.8 Å². The quantitative estimate of drug-likeness (QED) is 0.0153. The van der Waals surface area contributed by atoms with Crippen LogP contribution in [-0.4, -0.2) is 201 Å². The highest BCUT2D eigenvalue weighted by Gasteiger charge is 2.18. The number of aliphatic hydroxyl groups is 11. The van der Waals surface area contributed by atoms with Crippen molar-refractivity contribution < 1.29 is 113 Å². The summed E-state index contributed by atoms with van der Waals surface area (Å²) in [4.78, 5) is 67.0. The Bertz CT molecular complexity index is 2450. The zero-order chi connectivity index (χ0) is 107. The van der Waals surface area contributed by atoms with Crippen LogP contribution in [0.2, 0.25) is 0 Å². The third-order valence-electron chi connectivity index (χ3n) is 26.6. The largest absolute Gasteiger partial charge is 0.466 e. The monoisotopic (exact) mass is 2050 g/mol. The van der Waals surface area contributed by atoms with Crippen molar-refractivity contribution in [2.75, 3.05) is 66.1 Å². The van der Waals surface area contributed by atoms with E-state index in [4.69, 9.17) is 48.8 Å². The van der Waals surface area contributed by atoms with Crippen LogP contribution in [0.3, 0.4) is 0 Å². The fourth-order valence-electron chi connectivity index (χ4n) is 17.5. The van der Waals surface area contributed by atoms with Crippen LogP contribution in [0.4, 0.5) is 0 Å². The SMILES string of the molecule is CCCCCCCCC(O)C(O)CCCCCCCC(=O)OCC.CCCCCCCCC(O)CCCCCCCCC(=O)OCC.CCOC(=O)CCCCCCCC(O)C(O)CCCCCCCCO.CCOC(=O)CCCCCCCC(O)CCCCCCCCCO.CCOC(=O)CCCCCCCCC(O)CCCCCCCCO.CCOC(=O)CCCCCCCCCCCCCCCCCO. The lowest BCUT2D eigenvalue weighted by atomic mass is 9.99. The number of esters is 6. The highest BCUT2D eigenvalue weighted by atomic mass is 16.6. The van der Waals surface area contributed by atoms with Crippen molar-refractivity contribution >= 4 is 35.8 Å². The molecule has 0 aromatic rings. The number of unbranched alkanes of at least 4 members (excludes halogenated alkanes) is 62. The second-order valence-corrected chi connectivity index (χ2v) is 40.4. The van der Waals surface area contributed by atoms with Crippen LogP contribution in [0, 0.1) is 0 Å². The molecule has 0 saturated carbocycles. The second-order valence-electron chi connectivity index (χ2n) is 40.4. The van der Waals surface area contributed by atoms with E-state index in [2.05, 4.69) is 13.8 Å². The third-order valence-corrected chi connectivity index (χ3v) is 26.6. The minimum absolute atomic E-state index is 0.0408. The number of carbonyl (C=O) groups is 6. The van der Waals surface area contributed by atoms with Gasteiger partial charge in [-0.25, -0.2) is 0 Å². The van der Waals surface area contributed by atoms with E-state index in [9.17, 15) is 64.5 Å². The molecule has 0 saturated heterocycles. The first-order chi connectivity index (χ1) is 69.6. The number of rotatable bonds is 106. The van der Waals surface area contributed by atoms with Crippen molar-refractivity contribution in [1.82, 2.24) is 0 Å². The molecule has 7 unspecified atom stereocenters. The molecule has 0 heterocycles. The maximum absolute atomic E-state index is 11.2. The predicted molar refractivity (Wildman–Crippen MR) is 592 cm³/mol. The summed E-state index contributed by atoms with van der Waals surface area (Å²) in [6, 6.07) is 0. The Balaban J connectivity index is -0.000000394. The summed E-state index contributed by atoms with van der Waals surface area (Å²) in [7, 11) is 0. The average molecular weight is 2050 g/mol. The van der Waals surface area contributed by atoms with Gasteiger partial charge in [0.2, 0.25) is 0 Å². The molecule has 0 spiro atoms. The molecule has 11 N–H and O–H groups in total. The molecule has 23 heteroatoms. The third kappa shape index (κ3) is 138. The fraction of sp³-hybridized carbons (Fsp3) is 0.950. The average Bonchev–Trinajstić information content (AvgIpc) is 0.975. The molecule has 0 radical (unpaired) electrons. The van der Waals surface area contributed by atoms with Crippen molar-refractivity contribution in [3.8, 4) is 0 Å². The molecule has 0 bridgehead atoms. The lowest BCUT2D eigenvalue weighted by Crippen LogP contribution is -2.25. The molecule has 0 aliphatic heterocycles. The van der Waals surface area contributed by atoms with Gasteiger partial charge in [0.1, 0.15) is 0 Å². The van der Waals surface area contributed by atoms with Crippen LogP contribution in [0.5, 0.6) is 0 Å². The molecule has 0 aromatic heterocycles. The van der Waals surface area contributed by atoms with Crippen LogP contribution in [-0.2, 0) is 57.2 Å². The number of carbonyl (C=O) groups excluding carboxylic acids is 6. The Morgan fingerprint density at radius 3 is 0.371 bits per heavy atom. The predicted octanol–water partition coefficient (Wildman–Crippen LogP) is 29.6. The van der Waals surface area contributed by atoms with Gasteiger partial charge in [0, 0.05) is 65.0 Å². The first-order valence-electron chi connectivity index (χ1n) is 60.8. The summed E-state index contributed by atoms with van der Waals surface area (Å²) >= 11 is 0. The number of aliphatic hydroxyl groups excluding tert-OH is 11. The van der Waals surface area contributed by atoms with Gasteiger partial charge in [0.25, 0.3) is 0 Å². The van der Waals surface area contributed by atoms with Gasteiger partial charge in [0.05, 0.1) is 82.4 Å². The summed E-state index contributed by atoms with van der Waals surface area (Å²) in [6.45, 7) is 19.6. The normalized spacial score (nSPS) is 12.5. The van der Waals surface area contributed by atoms with Gasteiger partial charge in [-0.2, -0.15) is 0 Å². The van der Waals surface area contributed by atoms with Crippen molar-refractivity contribution in [2.24, 2.45) is 0 Å². The minimum atomic E-state index is -0.617. The molecule has 0 amide bonds. The van der Waals surface area contributed by atoms with E-state index in [-0.39, 0.29) is 60.7 Å². The van der Waals surface area contributed by atoms with Crippen LogP contribution in [0.1, 0.15) is 627 Å². The van der Waals surface area contributed by atoms with E-state index in [1.165, 1.54) is 225 Å². The van der Waals surface area contributed by atoms with E-state index in [0.29, 0.717) is 124 Å². The number of hydrogen-bond donors (Lipinski definition) is 11. The van der Waals surface area contributed by atoms with Gasteiger partial charge in [-0.3, -0.25) is 28.8 Å². The first-order valence-corrected chi connectivity index (χ1v) is 60.8. The van der Waals surface area contributed by atoms with Crippen LogP contribution < -0.4 is 0 Å². The summed E-state index contributed by atoms with van der Waals surface area (Å²) in [5.41, 5.74) is 0. The maximum Gasteiger partial charge on any atom is 0.305 e. The zero-order valence-corrected chi connectivity index (χ0v) is 94.9. The highest BCUT2D eigenvalue weighted by molar-refractivity contribution is 5.71. The molecule has 0 fully saturated rings. The molecule has 7 atom stereocenters. The highest BCUT2D eigenvalue weighted by Crippen LogP contribution is 2.24. The summed E-state index contributed by atoms with van der Waals surface area (Å²) < 4.78 is 29.4. The fourth-order valence-corrected chi connectivity index (χ4v) is 17.5. The zero-order valence-electron chi connectivity index (χ0n) is 94.9. The van der Waals surface area contributed by atoms with E-state index >= 15 is 0 Å². The molecule has 0 aliphatic rings. The Morgan fingerprint density at radius 1 is 0.147 bits per heavy atom. The first kappa shape index (κ1) is 150. The van der Waals surface area contributed by atoms with E-state index < -0.39 is 24.4 Å². The van der Waals surface area contributed by atoms with Crippen molar-refractivity contribution in [2.45, 2.75) is 670 Å². The smallest absolute Gasteiger partial charge is 0.305 e. The Morgan fingerprint density at radius 2 is 0.252 bits per heavy atom. The van der Waals surface area contributed by atoms with Gasteiger partial charge in [-0.1, -0.05) is 418 Å². The molecule has 23 nitrogen and oxygen atoms in total. The maximum atomic E-state index is 11.2. The molecular formula is C120H240O23. The molecule has 0 aromatic carbocycles. The Kier molecular flexibility index (Phi) is 139. The topological polar surface area (TPSA) is 380 Å². The van der Waals surface area contributed by atoms with E-state index in [1.807, 2.05) is 41.5 Å². The molecule has 0 aliphatic carbocycles. The molecular weight excluding hydrogens is 1810 g/mol. The van der Waals surface area contributed by atoms with E-state index in [1.54, 1.807) is 0 Å². The van der Waals surface area contributed by atoms with Crippen molar-refractivity contribution in [3.05, 3.63) is 0 Å². The summed E-state index contributed by atoms with van der Waals surface area (Å²) in [5.74, 6) is -0.485. The van der Waals surface area contributed by atoms with Crippen molar-refractivity contribution in [3.63, 3.8) is 0 Å². The van der Waals surface area contributed by atoms with Gasteiger partial charge < -0.3 is 84.6 Å². The Hall–Kier alpha value is -3.62. The van der Waals surface area contributed by atoms with Crippen LogP contribution >= 0.6 is 0 Å². The summed E-state index contributed by atoms with van der Waals surface area (Å²) in [5, 5.41) is 105. The molecule has 0 rings (SSSR count). The van der Waals surface area contributed by atoms with Gasteiger partial charge in [-0.05, 0) is 170 Å². The lowest BCUT2D eigenvalue weighted by molar-refractivity contribution is -0.144. The van der Waals surface area contributed by atoms with Gasteiger partial charge in [-0.15, -0.1) is 0 Å². The Labute approximate surface area is 880 Å². The lowest BCUT2D eigenvalue weighted by Gasteiger charge is -2.17. The number of ether oxygens (including phenoxy) is 6. The molecule has 858 valence electrons. The summed E-state index contributed by atoms with van der Waals surface area (Å²) in [6.07, 6.45) is 92.8. The second kappa shape index (κ2) is 133. The minimum Gasteiger partial charge on any atom is -0.466 e. The van der Waals surface area contributed by atoms with Crippen molar-refractivity contribution in [1.29, 1.82) is 0 Å². The van der Waals surface area contributed by atoms with Crippen LogP contribution in [0.25, 0.3) is 0 Å². The van der Waals surface area contributed by atoms with Crippen LogP contribution in [0.15, 0.2) is 0 Å².